The zero-order valence-electron chi connectivity index (χ0n) is 23.9. The van der Waals surface area contributed by atoms with Crippen molar-refractivity contribution in [1.82, 2.24) is 20.1 Å². The molecule has 8 nitrogen and oxygen atoms in total. The Hall–Kier alpha value is -3.75. The number of aryl methyl sites for hydroxylation is 2. The molecule has 1 unspecified atom stereocenters. The van der Waals surface area contributed by atoms with Crippen LogP contribution in [-0.2, 0) is 9.53 Å². The van der Waals surface area contributed by atoms with Gasteiger partial charge in [0.15, 0.2) is 5.65 Å². The third-order valence-electron chi connectivity index (χ3n) is 8.32. The number of nitrogens with zero attached hydrogens (tertiary/aromatic N) is 5. The number of benzene rings is 2. The van der Waals surface area contributed by atoms with Gasteiger partial charge in [-0.05, 0) is 80.8 Å². The summed E-state index contributed by atoms with van der Waals surface area (Å²) >= 11 is 0. The molecular formula is C32H38N6O2. The van der Waals surface area contributed by atoms with Crippen LogP contribution in [0.15, 0.2) is 48.7 Å². The smallest absolute Gasteiger partial charge is 0.223 e. The minimum absolute atomic E-state index is 0.0273. The summed E-state index contributed by atoms with van der Waals surface area (Å²) in [6.07, 6.45) is 4.15. The molecule has 1 N–H and O–H groups in total. The van der Waals surface area contributed by atoms with Gasteiger partial charge in [-0.2, -0.15) is 0 Å². The molecule has 8 heteroatoms. The number of carbonyl (C=O) groups is 1. The Labute approximate surface area is 235 Å². The first kappa shape index (κ1) is 26.5. The van der Waals surface area contributed by atoms with Crippen LogP contribution < -0.4 is 9.80 Å². The maximum atomic E-state index is 12.4. The van der Waals surface area contributed by atoms with Crippen LogP contribution in [0, 0.1) is 13.8 Å². The van der Waals surface area contributed by atoms with Gasteiger partial charge in [0.1, 0.15) is 0 Å². The van der Waals surface area contributed by atoms with Crippen molar-refractivity contribution in [1.29, 1.82) is 0 Å². The number of fused-ring (bicyclic) bond motifs is 1. The summed E-state index contributed by atoms with van der Waals surface area (Å²) in [6.45, 7) is 11.6. The number of rotatable bonds is 6. The second-order valence-corrected chi connectivity index (χ2v) is 11.3. The average Bonchev–Trinajstić information content (AvgIpc) is 3.62. The zero-order valence-corrected chi connectivity index (χ0v) is 23.9. The normalized spacial score (nSPS) is 18.0. The van der Waals surface area contributed by atoms with E-state index in [0.717, 1.165) is 84.7 Å². The molecule has 0 bridgehead atoms. The molecule has 0 saturated carbocycles. The van der Waals surface area contributed by atoms with Gasteiger partial charge in [-0.3, -0.25) is 4.79 Å². The summed E-state index contributed by atoms with van der Waals surface area (Å²) in [6, 6.07) is 14.8. The predicted octanol–water partition coefficient (Wildman–Crippen LogP) is 5.19. The van der Waals surface area contributed by atoms with E-state index in [1.165, 1.54) is 16.8 Å². The molecular weight excluding hydrogens is 500 g/mol. The molecule has 2 fully saturated rings. The highest BCUT2D eigenvalue weighted by atomic mass is 16.5. The number of carbonyl (C=O) groups excluding carboxylic acids is 1. The third-order valence-corrected chi connectivity index (χ3v) is 8.32. The van der Waals surface area contributed by atoms with Crippen molar-refractivity contribution in [2.45, 2.75) is 39.7 Å². The van der Waals surface area contributed by atoms with E-state index in [1.54, 1.807) is 6.92 Å². The minimum Gasteiger partial charge on any atom is -0.376 e. The van der Waals surface area contributed by atoms with Gasteiger partial charge >= 0.3 is 0 Å². The summed E-state index contributed by atoms with van der Waals surface area (Å²) in [4.78, 5) is 22.4. The first-order valence-electron chi connectivity index (χ1n) is 14.3. The number of H-pyrrole nitrogens is 1. The second-order valence-electron chi connectivity index (χ2n) is 11.3. The van der Waals surface area contributed by atoms with Crippen LogP contribution in [0.3, 0.4) is 0 Å². The number of aromatic amines is 1. The number of aromatic nitrogens is 3. The number of likely N-dealkylation sites (N-methyl/N-ethyl adjacent to an activating group) is 1. The minimum atomic E-state index is 0.0273. The first-order valence-corrected chi connectivity index (χ1v) is 14.3. The Balaban J connectivity index is 1.28. The Morgan fingerprint density at radius 1 is 1.02 bits per heavy atom. The van der Waals surface area contributed by atoms with Crippen molar-refractivity contribution in [2.75, 3.05) is 56.2 Å². The number of anilines is 2. The van der Waals surface area contributed by atoms with Crippen molar-refractivity contribution in [3.8, 4) is 22.4 Å². The fourth-order valence-corrected chi connectivity index (χ4v) is 6.16. The average molecular weight is 539 g/mol. The van der Waals surface area contributed by atoms with Crippen molar-refractivity contribution < 1.29 is 9.53 Å². The fourth-order valence-electron chi connectivity index (χ4n) is 6.16. The molecule has 1 amide bonds. The topological polar surface area (TPSA) is 77.6 Å². The molecule has 2 aromatic carbocycles. The lowest BCUT2D eigenvalue weighted by atomic mass is 9.99. The number of hydrogen-bond acceptors (Lipinski definition) is 6. The lowest BCUT2D eigenvalue weighted by Crippen LogP contribution is -2.45. The Bertz CT molecular complexity index is 1490. The van der Waals surface area contributed by atoms with E-state index in [1.807, 2.05) is 23.2 Å². The SMILES string of the molecule is CC(=O)N(CC1CCCO1)c1ccc(-c2c[nH]c3nnc(-c4cc(C)c(N5CCN(C)CC5)c(C)c4)cc23)cc1. The van der Waals surface area contributed by atoms with Gasteiger partial charge in [0.25, 0.3) is 0 Å². The number of amides is 1. The quantitative estimate of drug-likeness (QED) is 0.364. The Morgan fingerprint density at radius 3 is 2.40 bits per heavy atom. The van der Waals surface area contributed by atoms with E-state index < -0.39 is 0 Å². The van der Waals surface area contributed by atoms with Gasteiger partial charge in [-0.15, -0.1) is 10.2 Å². The number of ether oxygens (including phenoxy) is 1. The first-order chi connectivity index (χ1) is 19.4. The second kappa shape index (κ2) is 11.0. The molecule has 208 valence electrons. The standard InChI is InChI=1S/C32H38N6O2/c1-21-16-25(17-22(2)31(21)37-13-11-36(4)12-14-37)30-18-28-29(19-33-32(28)35-34-30)24-7-9-26(10-8-24)38(23(3)39)20-27-6-5-15-40-27/h7-10,16-19,27H,5-6,11-15,20H2,1-4H3,(H,33,35). The molecule has 0 aliphatic carbocycles. The van der Waals surface area contributed by atoms with Crippen LogP contribution in [0.4, 0.5) is 11.4 Å². The highest BCUT2D eigenvalue weighted by Crippen LogP contribution is 2.34. The zero-order chi connectivity index (χ0) is 27.8. The van der Waals surface area contributed by atoms with Gasteiger partial charge in [0.05, 0.1) is 18.3 Å². The molecule has 0 spiro atoms. The van der Waals surface area contributed by atoms with Gasteiger partial charge in [0.2, 0.25) is 5.91 Å². The summed E-state index contributed by atoms with van der Waals surface area (Å²) in [7, 11) is 2.19. The molecule has 4 heterocycles. The van der Waals surface area contributed by atoms with Gasteiger partial charge in [0, 0.05) is 73.8 Å². The van der Waals surface area contributed by atoms with Crippen LogP contribution in [0.5, 0.6) is 0 Å². The van der Waals surface area contributed by atoms with Gasteiger partial charge in [-0.25, -0.2) is 0 Å². The maximum Gasteiger partial charge on any atom is 0.223 e. The maximum absolute atomic E-state index is 12.4. The van der Waals surface area contributed by atoms with Crippen LogP contribution in [0.25, 0.3) is 33.4 Å². The molecule has 4 aromatic rings. The Kier molecular flexibility index (Phi) is 7.29. The molecule has 2 saturated heterocycles. The number of piperazine rings is 1. The predicted molar refractivity (Wildman–Crippen MR) is 161 cm³/mol. The van der Waals surface area contributed by atoms with Crippen molar-refractivity contribution in [3.63, 3.8) is 0 Å². The molecule has 0 radical (unpaired) electrons. The van der Waals surface area contributed by atoms with E-state index in [4.69, 9.17) is 4.74 Å². The highest BCUT2D eigenvalue weighted by molar-refractivity contribution is 5.96. The van der Waals surface area contributed by atoms with Crippen LogP contribution >= 0.6 is 0 Å². The molecule has 6 rings (SSSR count). The van der Waals surface area contributed by atoms with Crippen LogP contribution in [0.1, 0.15) is 30.9 Å². The largest absolute Gasteiger partial charge is 0.376 e. The lowest BCUT2D eigenvalue weighted by molar-refractivity contribution is -0.116. The van der Waals surface area contributed by atoms with Crippen molar-refractivity contribution in [2.24, 2.45) is 0 Å². The summed E-state index contributed by atoms with van der Waals surface area (Å²) < 4.78 is 5.77. The summed E-state index contributed by atoms with van der Waals surface area (Å²) in [5, 5.41) is 10.1. The van der Waals surface area contributed by atoms with Gasteiger partial charge < -0.3 is 24.4 Å². The molecule has 2 aromatic heterocycles. The number of nitrogens with one attached hydrogen (secondary N) is 1. The van der Waals surface area contributed by atoms with Crippen LogP contribution in [-0.4, -0.2) is 78.5 Å². The molecule has 40 heavy (non-hydrogen) atoms. The fraction of sp³-hybridized carbons (Fsp3) is 0.406. The number of hydrogen-bond donors (Lipinski definition) is 1. The van der Waals surface area contributed by atoms with Crippen molar-refractivity contribution in [3.05, 3.63) is 59.8 Å². The summed E-state index contributed by atoms with van der Waals surface area (Å²) in [5.74, 6) is 0.0273. The Morgan fingerprint density at radius 2 is 1.75 bits per heavy atom. The van der Waals surface area contributed by atoms with E-state index in [2.05, 4.69) is 76.2 Å². The third kappa shape index (κ3) is 5.21. The molecule has 2 aliphatic heterocycles. The summed E-state index contributed by atoms with van der Waals surface area (Å²) in [5.41, 5.74) is 9.59. The van der Waals surface area contributed by atoms with E-state index in [9.17, 15) is 4.79 Å². The van der Waals surface area contributed by atoms with Gasteiger partial charge in [-0.1, -0.05) is 12.1 Å². The molecule has 2 aliphatic rings. The molecule has 1 atom stereocenters. The van der Waals surface area contributed by atoms with Crippen LogP contribution in [0.2, 0.25) is 0 Å². The lowest BCUT2D eigenvalue weighted by Gasteiger charge is -2.36. The van der Waals surface area contributed by atoms with Crippen molar-refractivity contribution >= 4 is 28.3 Å². The van der Waals surface area contributed by atoms with E-state index >= 15 is 0 Å². The monoisotopic (exact) mass is 538 g/mol. The van der Waals surface area contributed by atoms with E-state index in [0.29, 0.717) is 6.54 Å². The highest BCUT2D eigenvalue weighted by Gasteiger charge is 2.23. The van der Waals surface area contributed by atoms with E-state index in [-0.39, 0.29) is 12.0 Å².